The number of halogens is 1. The van der Waals surface area contributed by atoms with Gasteiger partial charge < -0.3 is 5.32 Å². The van der Waals surface area contributed by atoms with Crippen molar-refractivity contribution in [3.8, 4) is 0 Å². The van der Waals surface area contributed by atoms with Crippen LogP contribution in [0, 0.1) is 28.2 Å². The van der Waals surface area contributed by atoms with Crippen LogP contribution in [0.5, 0.6) is 0 Å². The summed E-state index contributed by atoms with van der Waals surface area (Å²) in [5.41, 5.74) is 2.66. The van der Waals surface area contributed by atoms with E-state index in [2.05, 4.69) is 65.2 Å². The highest BCUT2D eigenvalue weighted by atomic mass is 127. The molecule has 2 bridgehead atoms. The van der Waals surface area contributed by atoms with Crippen LogP contribution in [0.1, 0.15) is 18.4 Å². The Morgan fingerprint density at radius 3 is 2.82 bits per heavy atom. The quantitative estimate of drug-likeness (QED) is 0.642. The molecule has 1 saturated carbocycles. The van der Waals surface area contributed by atoms with Crippen LogP contribution in [0.15, 0.2) is 30.4 Å². The van der Waals surface area contributed by atoms with Gasteiger partial charge in [0.1, 0.15) is 0 Å². The zero-order chi connectivity index (χ0) is 11.8. The summed E-state index contributed by atoms with van der Waals surface area (Å²) in [7, 11) is 0. The van der Waals surface area contributed by atoms with E-state index in [-0.39, 0.29) is 0 Å². The second-order valence-electron chi connectivity index (χ2n) is 5.38. The van der Waals surface area contributed by atoms with Crippen molar-refractivity contribution >= 4 is 28.3 Å². The van der Waals surface area contributed by atoms with Crippen LogP contribution < -0.4 is 5.32 Å². The molecule has 3 rings (SSSR count). The van der Waals surface area contributed by atoms with Gasteiger partial charge in [-0.1, -0.05) is 12.2 Å². The van der Waals surface area contributed by atoms with E-state index in [1.54, 1.807) is 0 Å². The van der Waals surface area contributed by atoms with Crippen molar-refractivity contribution in [2.75, 3.05) is 11.9 Å². The maximum absolute atomic E-state index is 3.63. The average Bonchev–Trinajstić information content (AvgIpc) is 2.89. The lowest BCUT2D eigenvalue weighted by molar-refractivity contribution is 0.472. The highest BCUT2D eigenvalue weighted by Crippen LogP contribution is 2.43. The molecule has 0 aromatic heterocycles. The van der Waals surface area contributed by atoms with Gasteiger partial charge in [0.05, 0.1) is 0 Å². The van der Waals surface area contributed by atoms with E-state index < -0.39 is 0 Å². The molecule has 1 aromatic rings. The van der Waals surface area contributed by atoms with Gasteiger partial charge in [0.2, 0.25) is 0 Å². The van der Waals surface area contributed by atoms with Crippen LogP contribution in [0.3, 0.4) is 0 Å². The van der Waals surface area contributed by atoms with Crippen LogP contribution in [0.2, 0.25) is 0 Å². The maximum Gasteiger partial charge on any atom is 0.0370 e. The maximum atomic E-state index is 3.63. The lowest BCUT2D eigenvalue weighted by Gasteiger charge is -2.20. The summed E-state index contributed by atoms with van der Waals surface area (Å²) in [5.74, 6) is 2.57. The molecule has 0 amide bonds. The second-order valence-corrected chi connectivity index (χ2v) is 6.63. The normalized spacial score (nSPS) is 29.9. The van der Waals surface area contributed by atoms with E-state index in [9.17, 15) is 0 Å². The van der Waals surface area contributed by atoms with Crippen LogP contribution in [-0.4, -0.2) is 6.54 Å². The fraction of sp³-hybridized carbons (Fsp3) is 0.467. The zero-order valence-corrected chi connectivity index (χ0v) is 12.3. The number of aryl methyl sites for hydroxylation is 1. The Morgan fingerprint density at radius 1 is 1.29 bits per heavy atom. The molecule has 1 aromatic carbocycles. The van der Waals surface area contributed by atoms with Gasteiger partial charge in [0.15, 0.2) is 0 Å². The number of allylic oxidation sites excluding steroid dienone is 2. The smallest absolute Gasteiger partial charge is 0.0370 e. The molecule has 0 aliphatic heterocycles. The lowest BCUT2D eigenvalue weighted by atomic mass is 9.93. The predicted molar refractivity (Wildman–Crippen MR) is 81.2 cm³/mol. The first-order chi connectivity index (χ1) is 8.22. The lowest BCUT2D eigenvalue weighted by Crippen LogP contribution is -2.18. The van der Waals surface area contributed by atoms with Gasteiger partial charge >= 0.3 is 0 Å². The fourth-order valence-corrected chi connectivity index (χ4v) is 3.84. The molecule has 90 valence electrons. The number of rotatable bonds is 3. The van der Waals surface area contributed by atoms with Gasteiger partial charge in [-0.25, -0.2) is 0 Å². The molecule has 17 heavy (non-hydrogen) atoms. The van der Waals surface area contributed by atoms with Crippen LogP contribution in [0.25, 0.3) is 0 Å². The van der Waals surface area contributed by atoms with Gasteiger partial charge in [-0.05, 0) is 83.9 Å². The molecule has 3 atom stereocenters. The Kier molecular flexibility index (Phi) is 3.16. The van der Waals surface area contributed by atoms with Crippen molar-refractivity contribution in [1.29, 1.82) is 0 Å². The van der Waals surface area contributed by atoms with Gasteiger partial charge in [-0.2, -0.15) is 0 Å². The molecule has 2 aliphatic rings. The minimum atomic E-state index is 0.844. The minimum Gasteiger partial charge on any atom is -0.385 e. The molecule has 0 saturated heterocycles. The number of benzene rings is 1. The summed E-state index contributed by atoms with van der Waals surface area (Å²) in [6.45, 7) is 3.32. The Bertz CT molecular complexity index is 452. The van der Waals surface area contributed by atoms with E-state index >= 15 is 0 Å². The van der Waals surface area contributed by atoms with Gasteiger partial charge in [-0.3, -0.25) is 0 Å². The summed E-state index contributed by atoms with van der Waals surface area (Å²) < 4.78 is 1.31. The molecule has 0 radical (unpaired) electrons. The third-order valence-electron chi connectivity index (χ3n) is 4.16. The Balaban J connectivity index is 1.62. The number of hydrogen-bond acceptors (Lipinski definition) is 1. The van der Waals surface area contributed by atoms with Crippen molar-refractivity contribution in [3.05, 3.63) is 39.5 Å². The molecule has 0 spiro atoms. The highest BCUT2D eigenvalue weighted by Gasteiger charge is 2.35. The molecule has 1 N–H and O–H groups in total. The summed E-state index contributed by atoms with van der Waals surface area (Å²) in [5, 5.41) is 3.63. The standard InChI is InChI=1S/C15H18IN/c1-10-6-14(16)4-5-15(10)17-9-13-8-11-2-3-12(13)7-11/h2-6,11-13,17H,7-9H2,1H3. The molecule has 1 fully saturated rings. The Labute approximate surface area is 117 Å². The minimum absolute atomic E-state index is 0.844. The molecule has 1 nitrogen and oxygen atoms in total. The van der Waals surface area contributed by atoms with Crippen LogP contribution >= 0.6 is 22.6 Å². The van der Waals surface area contributed by atoms with E-state index in [1.807, 2.05) is 0 Å². The van der Waals surface area contributed by atoms with E-state index in [0.29, 0.717) is 0 Å². The first-order valence-corrected chi connectivity index (χ1v) is 7.48. The molecule has 3 unspecified atom stereocenters. The average molecular weight is 339 g/mol. The summed E-state index contributed by atoms with van der Waals surface area (Å²) in [4.78, 5) is 0. The van der Waals surface area contributed by atoms with Crippen molar-refractivity contribution in [3.63, 3.8) is 0 Å². The predicted octanol–water partition coefficient (Wildman–Crippen LogP) is 4.22. The summed E-state index contributed by atoms with van der Waals surface area (Å²) in [6.07, 6.45) is 7.63. The highest BCUT2D eigenvalue weighted by molar-refractivity contribution is 14.1. The zero-order valence-electron chi connectivity index (χ0n) is 10.1. The van der Waals surface area contributed by atoms with E-state index in [4.69, 9.17) is 0 Å². The summed E-state index contributed by atoms with van der Waals surface area (Å²) >= 11 is 2.37. The molecule has 2 aliphatic carbocycles. The SMILES string of the molecule is Cc1cc(I)ccc1NCC1CC2C=CC1C2. The van der Waals surface area contributed by atoms with Crippen molar-refractivity contribution in [2.24, 2.45) is 17.8 Å². The largest absolute Gasteiger partial charge is 0.385 e. The Hall–Kier alpha value is -0.510. The fourth-order valence-electron chi connectivity index (χ4n) is 3.20. The Morgan fingerprint density at radius 2 is 2.18 bits per heavy atom. The number of fused-ring (bicyclic) bond motifs is 2. The monoisotopic (exact) mass is 339 g/mol. The second kappa shape index (κ2) is 4.63. The van der Waals surface area contributed by atoms with Crippen molar-refractivity contribution in [1.82, 2.24) is 0 Å². The van der Waals surface area contributed by atoms with Crippen molar-refractivity contribution < 1.29 is 0 Å². The molecular formula is C15H18IN. The van der Waals surface area contributed by atoms with Gasteiger partial charge in [0, 0.05) is 15.8 Å². The number of anilines is 1. The van der Waals surface area contributed by atoms with E-state index in [0.717, 1.165) is 24.3 Å². The first kappa shape index (κ1) is 11.6. The van der Waals surface area contributed by atoms with Gasteiger partial charge in [-0.15, -0.1) is 0 Å². The molecular weight excluding hydrogens is 321 g/mol. The first-order valence-electron chi connectivity index (χ1n) is 6.41. The molecule has 0 heterocycles. The topological polar surface area (TPSA) is 12.0 Å². The van der Waals surface area contributed by atoms with Crippen LogP contribution in [-0.2, 0) is 0 Å². The summed E-state index contributed by atoms with van der Waals surface area (Å²) in [6, 6.07) is 6.63. The van der Waals surface area contributed by atoms with E-state index in [1.165, 1.54) is 27.7 Å². The molecule has 2 heteroatoms. The van der Waals surface area contributed by atoms with Crippen LogP contribution in [0.4, 0.5) is 5.69 Å². The van der Waals surface area contributed by atoms with Gasteiger partial charge in [0.25, 0.3) is 0 Å². The number of hydrogen-bond donors (Lipinski definition) is 1. The number of nitrogens with one attached hydrogen (secondary N) is 1. The third kappa shape index (κ3) is 2.37. The van der Waals surface area contributed by atoms with Crippen molar-refractivity contribution in [2.45, 2.75) is 19.8 Å². The third-order valence-corrected chi connectivity index (χ3v) is 4.83.